The number of fused-ring (bicyclic) bond motifs is 1. The van der Waals surface area contributed by atoms with Crippen molar-refractivity contribution in [1.29, 1.82) is 0 Å². The molecule has 2 fully saturated rings. The predicted molar refractivity (Wildman–Crippen MR) is 120 cm³/mol. The number of amides is 1. The van der Waals surface area contributed by atoms with Gasteiger partial charge in [0.15, 0.2) is 11.5 Å². The van der Waals surface area contributed by atoms with Crippen LogP contribution in [0.4, 0.5) is 0 Å². The zero-order valence-corrected chi connectivity index (χ0v) is 18.2. The number of ether oxygens (including phenoxy) is 2. The third-order valence-electron chi connectivity index (χ3n) is 6.62. The van der Waals surface area contributed by atoms with Gasteiger partial charge in [0.1, 0.15) is 19.0 Å². The maximum atomic E-state index is 13.3. The van der Waals surface area contributed by atoms with Crippen LogP contribution < -0.4 is 9.47 Å². The van der Waals surface area contributed by atoms with Crippen molar-refractivity contribution in [3.8, 4) is 11.5 Å². The van der Waals surface area contributed by atoms with E-state index in [-0.39, 0.29) is 17.4 Å². The van der Waals surface area contributed by atoms with Gasteiger partial charge in [0, 0.05) is 11.6 Å². The summed E-state index contributed by atoms with van der Waals surface area (Å²) in [5, 5.41) is 11.3. The molecule has 2 aromatic carbocycles. The van der Waals surface area contributed by atoms with Gasteiger partial charge in [-0.15, -0.1) is 0 Å². The van der Waals surface area contributed by atoms with Crippen LogP contribution in [0.2, 0.25) is 0 Å². The fraction of sp³-hybridized carbons (Fsp3) is 0.385. The minimum Gasteiger partial charge on any atom is -0.507 e. The van der Waals surface area contributed by atoms with Gasteiger partial charge in [-0.1, -0.05) is 49.1 Å². The number of ketones is 1. The number of carbonyl (C=O) groups is 2. The minimum absolute atomic E-state index is 0.00345. The summed E-state index contributed by atoms with van der Waals surface area (Å²) in [6.07, 6.45) is 4.97. The van der Waals surface area contributed by atoms with Crippen molar-refractivity contribution in [3.05, 3.63) is 64.7 Å². The molecule has 3 aliphatic rings. The Hall–Kier alpha value is -3.28. The molecule has 1 amide bonds. The van der Waals surface area contributed by atoms with E-state index >= 15 is 0 Å². The van der Waals surface area contributed by atoms with E-state index in [4.69, 9.17) is 9.47 Å². The molecule has 1 N–H and O–H groups in total. The molecule has 0 aromatic heterocycles. The third-order valence-corrected chi connectivity index (χ3v) is 6.62. The highest BCUT2D eigenvalue weighted by Gasteiger charge is 2.48. The van der Waals surface area contributed by atoms with Crippen molar-refractivity contribution >= 4 is 17.4 Å². The second-order valence-electron chi connectivity index (χ2n) is 8.77. The van der Waals surface area contributed by atoms with Gasteiger partial charge < -0.3 is 19.5 Å². The summed E-state index contributed by atoms with van der Waals surface area (Å²) in [5.41, 5.74) is 2.46. The van der Waals surface area contributed by atoms with Gasteiger partial charge in [0.2, 0.25) is 0 Å². The summed E-state index contributed by atoms with van der Waals surface area (Å²) in [4.78, 5) is 28.2. The van der Waals surface area contributed by atoms with Gasteiger partial charge in [0.05, 0.1) is 11.6 Å². The number of aliphatic hydroxyl groups is 1. The van der Waals surface area contributed by atoms with Crippen molar-refractivity contribution in [2.24, 2.45) is 0 Å². The quantitative estimate of drug-likeness (QED) is 0.438. The van der Waals surface area contributed by atoms with Crippen LogP contribution in [0.5, 0.6) is 11.5 Å². The Kier molecular flexibility index (Phi) is 5.37. The topological polar surface area (TPSA) is 76.1 Å². The van der Waals surface area contributed by atoms with Crippen LogP contribution in [0.1, 0.15) is 54.8 Å². The van der Waals surface area contributed by atoms with Gasteiger partial charge in [-0.25, -0.2) is 0 Å². The molecule has 1 aliphatic carbocycles. The number of hydrogen-bond acceptors (Lipinski definition) is 5. The number of nitrogens with zero attached hydrogens (tertiary/aromatic N) is 1. The summed E-state index contributed by atoms with van der Waals surface area (Å²) in [6.45, 7) is 2.88. The Morgan fingerprint density at radius 1 is 0.969 bits per heavy atom. The van der Waals surface area contributed by atoms with Gasteiger partial charge >= 0.3 is 0 Å². The van der Waals surface area contributed by atoms with E-state index in [9.17, 15) is 14.7 Å². The monoisotopic (exact) mass is 433 g/mol. The maximum Gasteiger partial charge on any atom is 0.295 e. The zero-order valence-electron chi connectivity index (χ0n) is 18.2. The molecular weight excluding hydrogens is 406 g/mol. The summed E-state index contributed by atoms with van der Waals surface area (Å²) in [6, 6.07) is 12.3. The average molecular weight is 434 g/mol. The lowest BCUT2D eigenvalue weighted by molar-refractivity contribution is -0.141. The second-order valence-corrected chi connectivity index (χ2v) is 8.77. The van der Waals surface area contributed by atoms with E-state index in [2.05, 4.69) is 0 Å². The standard InChI is InChI=1S/C26H27NO5/c1-16-6-5-7-17(14-16)23-22(25(29)26(30)27(23)19-8-3-2-4-9-19)24(28)18-10-11-20-21(15-18)32-13-12-31-20/h5-7,10-11,14-15,19,23,28H,2-4,8-9,12-13H2,1H3/b24-22-. The Bertz CT molecular complexity index is 1100. The summed E-state index contributed by atoms with van der Waals surface area (Å²) in [7, 11) is 0. The molecule has 1 saturated heterocycles. The second kappa shape index (κ2) is 8.34. The lowest BCUT2D eigenvalue weighted by Crippen LogP contribution is -2.40. The van der Waals surface area contributed by atoms with E-state index in [1.54, 1.807) is 23.1 Å². The molecule has 0 radical (unpaired) electrons. The molecule has 2 aliphatic heterocycles. The van der Waals surface area contributed by atoms with Crippen LogP contribution >= 0.6 is 0 Å². The molecule has 1 unspecified atom stereocenters. The van der Waals surface area contributed by atoms with Crippen LogP contribution in [-0.2, 0) is 9.59 Å². The summed E-state index contributed by atoms with van der Waals surface area (Å²) < 4.78 is 11.2. The van der Waals surface area contributed by atoms with E-state index < -0.39 is 17.7 Å². The van der Waals surface area contributed by atoms with Crippen LogP contribution in [0, 0.1) is 6.92 Å². The first-order valence-corrected chi connectivity index (χ1v) is 11.3. The predicted octanol–water partition coefficient (Wildman–Crippen LogP) is 4.52. The molecule has 6 heteroatoms. The Balaban J connectivity index is 1.64. The number of likely N-dealkylation sites (tertiary alicyclic amines) is 1. The van der Waals surface area contributed by atoms with Crippen LogP contribution in [0.3, 0.4) is 0 Å². The van der Waals surface area contributed by atoms with E-state index in [0.717, 1.165) is 43.2 Å². The van der Waals surface area contributed by atoms with Gasteiger partial charge in [-0.3, -0.25) is 9.59 Å². The first-order chi connectivity index (χ1) is 15.5. The molecule has 0 spiro atoms. The highest BCUT2D eigenvalue weighted by atomic mass is 16.6. The average Bonchev–Trinajstić information content (AvgIpc) is 3.09. The first-order valence-electron chi connectivity index (χ1n) is 11.3. The number of carbonyl (C=O) groups excluding carboxylic acids is 2. The minimum atomic E-state index is -0.630. The van der Waals surface area contributed by atoms with Crippen molar-refractivity contribution in [3.63, 3.8) is 0 Å². The normalized spacial score (nSPS) is 22.9. The van der Waals surface area contributed by atoms with Crippen molar-refractivity contribution < 1.29 is 24.2 Å². The van der Waals surface area contributed by atoms with Gasteiger partial charge in [-0.2, -0.15) is 0 Å². The number of aryl methyl sites for hydroxylation is 1. The highest BCUT2D eigenvalue weighted by molar-refractivity contribution is 6.46. The van der Waals surface area contributed by atoms with Crippen LogP contribution in [0.15, 0.2) is 48.0 Å². The number of Topliss-reactive ketones (excluding diaryl/α,β-unsaturated/α-hetero) is 1. The molecule has 0 bridgehead atoms. The molecule has 1 saturated carbocycles. The van der Waals surface area contributed by atoms with Crippen molar-refractivity contribution in [2.75, 3.05) is 13.2 Å². The molecule has 2 heterocycles. The number of aliphatic hydroxyl groups excluding tert-OH is 1. The van der Waals surface area contributed by atoms with E-state index in [1.165, 1.54) is 0 Å². The number of hydrogen-bond donors (Lipinski definition) is 1. The smallest absolute Gasteiger partial charge is 0.295 e. The molecular formula is C26H27NO5. The van der Waals surface area contributed by atoms with Crippen LogP contribution in [-0.4, -0.2) is 41.0 Å². The Morgan fingerprint density at radius 2 is 1.72 bits per heavy atom. The molecule has 32 heavy (non-hydrogen) atoms. The molecule has 5 rings (SSSR count). The van der Waals surface area contributed by atoms with Crippen molar-refractivity contribution in [1.82, 2.24) is 4.90 Å². The fourth-order valence-corrected chi connectivity index (χ4v) is 5.10. The zero-order chi connectivity index (χ0) is 22.2. The molecule has 1 atom stereocenters. The van der Waals surface area contributed by atoms with Crippen molar-refractivity contribution in [2.45, 2.75) is 51.1 Å². The highest BCUT2D eigenvalue weighted by Crippen LogP contribution is 2.44. The third kappa shape index (κ3) is 3.53. The van der Waals surface area contributed by atoms with Crippen LogP contribution in [0.25, 0.3) is 5.76 Å². The Morgan fingerprint density at radius 3 is 2.47 bits per heavy atom. The number of benzene rings is 2. The van der Waals surface area contributed by atoms with Gasteiger partial charge in [-0.05, 0) is 43.5 Å². The first kappa shape index (κ1) is 20.6. The number of rotatable bonds is 3. The lowest BCUT2D eigenvalue weighted by Gasteiger charge is -2.35. The summed E-state index contributed by atoms with van der Waals surface area (Å²) in [5.74, 6) is -0.207. The largest absolute Gasteiger partial charge is 0.507 e. The maximum absolute atomic E-state index is 13.3. The fourth-order valence-electron chi connectivity index (χ4n) is 5.10. The molecule has 166 valence electrons. The van der Waals surface area contributed by atoms with E-state index in [0.29, 0.717) is 30.3 Å². The summed E-state index contributed by atoms with van der Waals surface area (Å²) >= 11 is 0. The molecule has 2 aromatic rings. The molecule has 6 nitrogen and oxygen atoms in total. The Labute approximate surface area is 187 Å². The lowest BCUT2D eigenvalue weighted by atomic mass is 9.90. The van der Waals surface area contributed by atoms with Gasteiger partial charge in [0.25, 0.3) is 11.7 Å². The SMILES string of the molecule is Cc1cccc(C2/C(=C(/O)c3ccc4c(c3)OCCO4)C(=O)C(=O)N2C2CCCCC2)c1. The van der Waals surface area contributed by atoms with E-state index in [1.807, 2.05) is 31.2 Å².